The summed E-state index contributed by atoms with van der Waals surface area (Å²) < 4.78 is 5.25. The van der Waals surface area contributed by atoms with Crippen LogP contribution in [0.15, 0.2) is 47.0 Å². The van der Waals surface area contributed by atoms with Crippen LogP contribution in [0.2, 0.25) is 0 Å². The molecular formula is C16H17N3O. The Balaban J connectivity index is 1.87. The van der Waals surface area contributed by atoms with Gasteiger partial charge in [-0.25, -0.2) is 0 Å². The molecule has 0 bridgehead atoms. The summed E-state index contributed by atoms with van der Waals surface area (Å²) in [5.74, 6) is 1.30. The molecule has 0 unspecified atom stereocenters. The van der Waals surface area contributed by atoms with Crippen molar-refractivity contribution in [2.45, 2.75) is 19.4 Å². The smallest absolute Gasteiger partial charge is 0.244 e. The van der Waals surface area contributed by atoms with E-state index >= 15 is 0 Å². The molecule has 4 heteroatoms. The minimum atomic E-state index is 0.0392. The van der Waals surface area contributed by atoms with Crippen LogP contribution in [0, 0.1) is 6.92 Å². The maximum Gasteiger partial charge on any atom is 0.244 e. The van der Waals surface area contributed by atoms with Crippen molar-refractivity contribution in [3.05, 3.63) is 59.7 Å². The van der Waals surface area contributed by atoms with Crippen molar-refractivity contribution in [3.8, 4) is 0 Å². The van der Waals surface area contributed by atoms with Crippen LogP contribution in [0.4, 0.5) is 0 Å². The van der Waals surface area contributed by atoms with E-state index in [1.807, 2.05) is 14.0 Å². The van der Waals surface area contributed by atoms with Crippen LogP contribution in [0.5, 0.6) is 0 Å². The van der Waals surface area contributed by atoms with E-state index in [0.29, 0.717) is 11.7 Å². The van der Waals surface area contributed by atoms with Gasteiger partial charge in [-0.1, -0.05) is 47.6 Å². The molecule has 0 amide bonds. The van der Waals surface area contributed by atoms with Crippen LogP contribution in [0.1, 0.15) is 23.3 Å². The summed E-state index contributed by atoms with van der Waals surface area (Å²) in [5.41, 5.74) is 1.25. The average molecular weight is 267 g/mol. The Labute approximate surface area is 117 Å². The number of hydrogen-bond acceptors (Lipinski definition) is 4. The Morgan fingerprint density at radius 1 is 1.15 bits per heavy atom. The maximum atomic E-state index is 5.25. The van der Waals surface area contributed by atoms with Crippen molar-refractivity contribution in [3.63, 3.8) is 0 Å². The van der Waals surface area contributed by atoms with Gasteiger partial charge in [0.25, 0.3) is 0 Å². The van der Waals surface area contributed by atoms with Gasteiger partial charge in [-0.2, -0.15) is 4.98 Å². The highest BCUT2D eigenvalue weighted by molar-refractivity contribution is 5.82. The molecule has 1 heterocycles. The Morgan fingerprint density at radius 3 is 2.65 bits per heavy atom. The lowest BCUT2D eigenvalue weighted by atomic mass is 10.0. The third-order valence-electron chi connectivity index (χ3n) is 3.44. The number of aryl methyl sites for hydroxylation is 1. The van der Waals surface area contributed by atoms with E-state index in [1.54, 1.807) is 0 Å². The number of aromatic nitrogens is 2. The molecule has 0 saturated heterocycles. The van der Waals surface area contributed by atoms with E-state index in [2.05, 4.69) is 57.9 Å². The maximum absolute atomic E-state index is 5.25. The van der Waals surface area contributed by atoms with Crippen molar-refractivity contribution in [2.75, 3.05) is 7.05 Å². The van der Waals surface area contributed by atoms with Crippen LogP contribution >= 0.6 is 0 Å². The number of likely N-dealkylation sites (N-methyl/N-ethyl adjacent to an activating group) is 1. The Bertz CT molecular complexity index is 720. The van der Waals surface area contributed by atoms with E-state index in [0.717, 1.165) is 6.42 Å². The monoisotopic (exact) mass is 267 g/mol. The van der Waals surface area contributed by atoms with Crippen LogP contribution in [0.3, 0.4) is 0 Å². The number of hydrogen-bond donors (Lipinski definition) is 1. The Hall–Kier alpha value is -2.20. The first-order chi connectivity index (χ1) is 9.76. The summed E-state index contributed by atoms with van der Waals surface area (Å²) in [6.07, 6.45) is 0.822. The van der Waals surface area contributed by atoms with Crippen LogP contribution < -0.4 is 5.32 Å². The van der Waals surface area contributed by atoms with Gasteiger partial charge in [0.05, 0.1) is 6.04 Å². The molecule has 3 aromatic rings. The predicted molar refractivity (Wildman–Crippen MR) is 78.5 cm³/mol. The lowest BCUT2D eigenvalue weighted by Crippen LogP contribution is -2.19. The van der Waals surface area contributed by atoms with E-state index < -0.39 is 0 Å². The molecule has 1 N–H and O–H groups in total. The van der Waals surface area contributed by atoms with Gasteiger partial charge in [-0.3, -0.25) is 0 Å². The normalized spacial score (nSPS) is 12.7. The van der Waals surface area contributed by atoms with Crippen molar-refractivity contribution in [1.29, 1.82) is 0 Å². The van der Waals surface area contributed by atoms with E-state index in [9.17, 15) is 0 Å². The number of nitrogens with zero attached hydrogens (tertiary/aromatic N) is 2. The molecule has 1 aromatic heterocycles. The van der Waals surface area contributed by atoms with Gasteiger partial charge in [0, 0.05) is 0 Å². The molecule has 0 spiro atoms. The van der Waals surface area contributed by atoms with E-state index in [-0.39, 0.29) is 6.04 Å². The van der Waals surface area contributed by atoms with Gasteiger partial charge in [0.1, 0.15) is 0 Å². The third kappa shape index (κ3) is 2.56. The Kier molecular flexibility index (Phi) is 3.48. The molecule has 0 aliphatic carbocycles. The minimum absolute atomic E-state index is 0.0392. The largest absolute Gasteiger partial charge is 0.338 e. The molecule has 0 fully saturated rings. The fraction of sp³-hybridized carbons (Fsp3) is 0.250. The first kappa shape index (κ1) is 12.8. The van der Waals surface area contributed by atoms with Gasteiger partial charge in [-0.05, 0) is 36.7 Å². The molecule has 1 atom stereocenters. The second kappa shape index (κ2) is 5.43. The zero-order valence-corrected chi connectivity index (χ0v) is 11.6. The number of rotatable bonds is 4. The van der Waals surface area contributed by atoms with Gasteiger partial charge in [0.2, 0.25) is 5.89 Å². The zero-order chi connectivity index (χ0) is 13.9. The minimum Gasteiger partial charge on any atom is -0.338 e. The first-order valence-electron chi connectivity index (χ1n) is 6.71. The highest BCUT2D eigenvalue weighted by Crippen LogP contribution is 2.20. The fourth-order valence-electron chi connectivity index (χ4n) is 2.37. The van der Waals surface area contributed by atoms with E-state index in [1.165, 1.54) is 16.3 Å². The van der Waals surface area contributed by atoms with Crippen LogP contribution in [0.25, 0.3) is 10.8 Å². The number of nitrogens with one attached hydrogen (secondary N) is 1. The molecule has 102 valence electrons. The van der Waals surface area contributed by atoms with Gasteiger partial charge in [-0.15, -0.1) is 0 Å². The molecule has 2 aromatic carbocycles. The SMILES string of the molecule is CN[C@H](Cc1ccc2ccccc2c1)c1nc(C)no1. The molecule has 3 rings (SSSR count). The number of fused-ring (bicyclic) bond motifs is 1. The topological polar surface area (TPSA) is 51.0 Å². The fourth-order valence-corrected chi connectivity index (χ4v) is 2.37. The molecule has 4 nitrogen and oxygen atoms in total. The summed E-state index contributed by atoms with van der Waals surface area (Å²) in [5, 5.41) is 9.59. The molecular weight excluding hydrogens is 250 g/mol. The van der Waals surface area contributed by atoms with Crippen LogP contribution in [-0.2, 0) is 6.42 Å². The summed E-state index contributed by atoms with van der Waals surface area (Å²) in [4.78, 5) is 4.30. The lowest BCUT2D eigenvalue weighted by molar-refractivity contribution is 0.335. The summed E-state index contributed by atoms with van der Waals surface area (Å²) >= 11 is 0. The number of benzene rings is 2. The molecule has 0 aliphatic rings. The second-order valence-electron chi connectivity index (χ2n) is 4.91. The quantitative estimate of drug-likeness (QED) is 0.789. The van der Waals surface area contributed by atoms with Crippen molar-refractivity contribution in [1.82, 2.24) is 15.5 Å². The van der Waals surface area contributed by atoms with Crippen molar-refractivity contribution >= 4 is 10.8 Å². The summed E-state index contributed by atoms with van der Waals surface area (Å²) in [7, 11) is 1.91. The lowest BCUT2D eigenvalue weighted by Gasteiger charge is -2.12. The standard InChI is InChI=1S/C16H17N3O/c1-11-18-16(20-19-11)15(17-2)10-12-7-8-13-5-3-4-6-14(13)9-12/h3-9,15,17H,10H2,1-2H3/t15-/m1/s1. The van der Waals surface area contributed by atoms with Gasteiger partial charge < -0.3 is 9.84 Å². The van der Waals surface area contributed by atoms with E-state index in [4.69, 9.17) is 4.52 Å². The van der Waals surface area contributed by atoms with Gasteiger partial charge >= 0.3 is 0 Å². The van der Waals surface area contributed by atoms with Gasteiger partial charge in [0.15, 0.2) is 5.82 Å². The van der Waals surface area contributed by atoms with Crippen molar-refractivity contribution < 1.29 is 4.52 Å². The average Bonchev–Trinajstić information content (AvgIpc) is 2.91. The second-order valence-corrected chi connectivity index (χ2v) is 4.91. The third-order valence-corrected chi connectivity index (χ3v) is 3.44. The first-order valence-corrected chi connectivity index (χ1v) is 6.71. The van der Waals surface area contributed by atoms with Crippen LogP contribution in [-0.4, -0.2) is 17.2 Å². The summed E-state index contributed by atoms with van der Waals surface area (Å²) in [6, 6.07) is 14.9. The zero-order valence-electron chi connectivity index (χ0n) is 11.6. The highest BCUT2D eigenvalue weighted by Gasteiger charge is 2.16. The van der Waals surface area contributed by atoms with Crippen molar-refractivity contribution in [2.24, 2.45) is 0 Å². The Morgan fingerprint density at radius 2 is 1.95 bits per heavy atom. The summed E-state index contributed by atoms with van der Waals surface area (Å²) in [6.45, 7) is 1.83. The molecule has 0 saturated carbocycles. The molecule has 0 radical (unpaired) electrons. The molecule has 0 aliphatic heterocycles. The predicted octanol–water partition coefficient (Wildman–Crippen LogP) is 3.03. The highest BCUT2D eigenvalue weighted by atomic mass is 16.5. The molecule has 20 heavy (non-hydrogen) atoms.